The second-order valence-corrected chi connectivity index (χ2v) is 22.7. The molecule has 0 saturated carbocycles. The first-order valence-corrected chi connectivity index (χ1v) is 31.0. The van der Waals surface area contributed by atoms with Gasteiger partial charge in [-0.15, -0.1) is 0 Å². The van der Waals surface area contributed by atoms with Gasteiger partial charge in [0.25, 0.3) is 0 Å². The van der Waals surface area contributed by atoms with E-state index in [4.69, 9.17) is 44.6 Å². The molecule has 0 unspecified atom stereocenters. The van der Waals surface area contributed by atoms with Crippen LogP contribution in [0.15, 0.2) is 130 Å². The van der Waals surface area contributed by atoms with Crippen LogP contribution in [0, 0.1) is 0 Å². The van der Waals surface area contributed by atoms with Gasteiger partial charge in [-0.25, -0.2) is 44.7 Å². The molecule has 433 valence electrons. The topological polar surface area (TPSA) is 358 Å². The first kappa shape index (κ1) is 67.3. The molecule has 4 aromatic heterocycles. The molecule has 8 bridgehead atoms. The SMILES string of the molecule is CC.CC.CS(=O)(=O)NC(=O)NCCSc1nc(Nc2cc(S(=O)(=O)[O-])ccc2S(=O)(=O)[O-])nc(N2CCOCC2)n1.[Cu+2].[Li+].[Li+].c1ccc2c(c1)-c1nc-2nc2[n-]c(nc3nc(nc4[n-]c(n1)c1ccccc41)-c1ccccc1-3)c1ccccc21. The summed E-state index contributed by atoms with van der Waals surface area (Å²) in [6.07, 6.45) is 0.819. The summed E-state index contributed by atoms with van der Waals surface area (Å²) >= 11 is 1.02. The van der Waals surface area contributed by atoms with E-state index in [-0.39, 0.29) is 84.1 Å². The number of thioether (sulfide) groups is 1. The number of fused-ring (bicyclic) bond motifs is 20. The quantitative estimate of drug-likeness (QED) is 0.0737. The maximum absolute atomic E-state index is 11.7. The van der Waals surface area contributed by atoms with Gasteiger partial charge in [-0.1, -0.05) is 137 Å². The molecule has 2 amide bonds. The van der Waals surface area contributed by atoms with Crippen LogP contribution in [-0.2, 0) is 52.1 Å². The van der Waals surface area contributed by atoms with E-state index >= 15 is 0 Å². The normalized spacial score (nSPS) is 12.3. The molecule has 1 radical (unpaired) electrons. The van der Waals surface area contributed by atoms with Gasteiger partial charge in [0.1, 0.15) is 20.2 Å². The second kappa shape index (κ2) is 29.0. The van der Waals surface area contributed by atoms with Crippen molar-refractivity contribution in [2.24, 2.45) is 0 Å². The molecule has 1 fully saturated rings. The number of hydrogen-bond acceptors (Lipinski definition) is 22. The molecule has 0 aliphatic carbocycles. The zero-order valence-corrected chi connectivity index (χ0v) is 50.8. The van der Waals surface area contributed by atoms with Gasteiger partial charge in [0, 0.05) is 70.2 Å². The number of anilines is 3. The molecule has 7 heterocycles. The summed E-state index contributed by atoms with van der Waals surface area (Å²) in [5.74, 6) is 2.26. The molecule has 9 aromatic rings. The maximum atomic E-state index is 11.7. The van der Waals surface area contributed by atoms with Crippen molar-refractivity contribution in [2.75, 3.05) is 55.1 Å². The van der Waals surface area contributed by atoms with Crippen molar-refractivity contribution in [1.82, 2.24) is 64.9 Å². The zero-order chi connectivity index (χ0) is 58.3. The van der Waals surface area contributed by atoms with Crippen LogP contribution >= 0.6 is 11.8 Å². The van der Waals surface area contributed by atoms with Gasteiger partial charge in [0.15, 0.2) is 5.16 Å². The monoisotopic (exact) mass is 1260 g/mol. The molecule has 0 atom stereocenters. The van der Waals surface area contributed by atoms with E-state index in [9.17, 15) is 39.2 Å². The van der Waals surface area contributed by atoms with E-state index in [1.807, 2.05) is 125 Å². The van der Waals surface area contributed by atoms with Crippen molar-refractivity contribution in [2.45, 2.75) is 42.6 Å². The molecule has 3 aliphatic heterocycles. The molecule has 32 heteroatoms. The van der Waals surface area contributed by atoms with E-state index in [0.717, 1.165) is 61.8 Å². The Morgan fingerprint density at radius 1 is 0.588 bits per heavy atom. The van der Waals surface area contributed by atoms with Crippen LogP contribution in [0.25, 0.3) is 89.7 Å². The molecular formula is C53H49CuLi2N15O10S4. The molecule has 5 aromatic carbocycles. The molecule has 3 aliphatic rings. The van der Waals surface area contributed by atoms with Crippen LogP contribution in [-0.4, -0.2) is 130 Å². The summed E-state index contributed by atoms with van der Waals surface area (Å²) in [5, 5.41) is 8.48. The van der Waals surface area contributed by atoms with Crippen LogP contribution in [0.4, 0.5) is 22.4 Å². The average Bonchev–Trinajstić information content (AvgIpc) is 2.09. The van der Waals surface area contributed by atoms with Crippen molar-refractivity contribution < 1.29 is 98.7 Å². The Kier molecular flexibility index (Phi) is 23.0. The maximum Gasteiger partial charge on any atom is 2.00 e. The number of aromatic nitrogens is 11. The Hall–Kier alpha value is -6.87. The average molecular weight is 1260 g/mol. The number of rotatable bonds is 10. The standard InChI is InChI=1S/C32H16N8.C17H23N7O10S4.2C2H6.Cu.2Li/c1-2-10-18-17(9-1)25-33-26(18)38-28-21-13-5-6-14-22(21)30(35-28)40-32-24-16-8-7-15-23(24)31(36-32)39-29-20-12-4-3-11-19(20)27(34-29)37-25;1-36(26,27)23-16(25)18-4-9-35-17-21-14(20-15(22-17)24-5-7-34-8-6-24)19-12-10-11(37(28,29)30)2-3-13(12)38(31,32)33;2*1-2;;;/h1-16H;2-3,10H,4-9H2,1H3,(H2,18,23,25)(H,28,29,30)(H,31,32,33)(H,19,20,21,22);2*1-2H3;;;/q-2;;;;+2;2*+1/p-2. The van der Waals surface area contributed by atoms with Crippen LogP contribution in [0.2, 0.25) is 0 Å². The van der Waals surface area contributed by atoms with E-state index < -0.39 is 51.8 Å². The molecule has 1 saturated heterocycles. The largest absolute Gasteiger partial charge is 2.00 e. The summed E-state index contributed by atoms with van der Waals surface area (Å²) < 4.78 is 98.7. The minimum absolute atomic E-state index is 0. The van der Waals surface area contributed by atoms with Crippen molar-refractivity contribution in [3.05, 3.63) is 115 Å². The number of sulfonamides is 1. The number of nitrogens with one attached hydrogen (secondary N) is 3. The zero-order valence-electron chi connectivity index (χ0n) is 46.6. The van der Waals surface area contributed by atoms with Gasteiger partial charge in [0.05, 0.1) is 58.2 Å². The number of amides is 2. The van der Waals surface area contributed by atoms with Crippen LogP contribution in [0.3, 0.4) is 0 Å². The molecule has 0 spiro atoms. The fourth-order valence-electron chi connectivity index (χ4n) is 8.44. The molecular weight excluding hydrogens is 1210 g/mol. The Bertz CT molecular complexity index is 4130. The number of ether oxygens (including phenoxy) is 1. The first-order chi connectivity index (χ1) is 39.4. The Balaban J connectivity index is 0.000000250. The van der Waals surface area contributed by atoms with Gasteiger partial charge >= 0.3 is 60.8 Å². The third-order valence-electron chi connectivity index (χ3n) is 11.9. The second-order valence-electron chi connectivity index (χ2n) is 17.2. The van der Waals surface area contributed by atoms with Crippen molar-refractivity contribution in [3.63, 3.8) is 0 Å². The van der Waals surface area contributed by atoms with E-state index in [2.05, 4.69) is 25.6 Å². The predicted octanol–water partition coefficient (Wildman–Crippen LogP) is 0.796. The van der Waals surface area contributed by atoms with Gasteiger partial charge in [-0.3, -0.25) is 0 Å². The van der Waals surface area contributed by atoms with E-state index in [1.165, 1.54) is 0 Å². The van der Waals surface area contributed by atoms with Crippen LogP contribution in [0.5, 0.6) is 0 Å². The molecule has 85 heavy (non-hydrogen) atoms. The number of hydrogen-bond donors (Lipinski definition) is 3. The number of morpholine rings is 1. The van der Waals surface area contributed by atoms with Crippen molar-refractivity contribution in [1.29, 1.82) is 0 Å². The summed E-state index contributed by atoms with van der Waals surface area (Å²) in [5.41, 5.74) is 5.25. The number of carbonyl (C=O) groups excluding carboxylic acids is 1. The minimum Gasteiger partial charge on any atom is -0.744 e. The number of nitrogens with zero attached hydrogens (tertiary/aromatic N) is 12. The number of benzene rings is 5. The summed E-state index contributed by atoms with van der Waals surface area (Å²) in [6.45, 7) is 9.57. The fraction of sp³-hybridized carbons (Fsp3) is 0.208. The third kappa shape index (κ3) is 15.8. The molecule has 3 N–H and O–H groups in total. The summed E-state index contributed by atoms with van der Waals surface area (Å²) in [4.78, 5) is 63.6. The van der Waals surface area contributed by atoms with Gasteiger partial charge in [0.2, 0.25) is 21.9 Å². The van der Waals surface area contributed by atoms with Gasteiger partial charge in [-0.2, -0.15) is 15.0 Å². The van der Waals surface area contributed by atoms with Crippen molar-refractivity contribution in [3.8, 4) is 45.6 Å². The smallest absolute Gasteiger partial charge is 0.744 e. The van der Waals surface area contributed by atoms with E-state index in [1.54, 1.807) is 9.62 Å². The van der Waals surface area contributed by atoms with Gasteiger partial charge < -0.3 is 59.3 Å². The molecule has 12 rings (SSSR count). The Labute approximate surface area is 527 Å². The van der Waals surface area contributed by atoms with E-state index in [0.29, 0.717) is 90.4 Å². The van der Waals surface area contributed by atoms with Crippen molar-refractivity contribution >= 4 is 110 Å². The number of carbonyl (C=O) groups is 1. The first-order valence-electron chi connectivity index (χ1n) is 25.3. The van der Waals surface area contributed by atoms with Gasteiger partial charge in [-0.05, 0) is 39.7 Å². The third-order valence-corrected chi connectivity index (χ3v) is 15.0. The van der Waals surface area contributed by atoms with Crippen LogP contribution in [0.1, 0.15) is 27.7 Å². The Morgan fingerprint density at radius 3 is 1.41 bits per heavy atom. The summed E-state index contributed by atoms with van der Waals surface area (Å²) in [6, 6.07) is 33.0. The fourth-order valence-corrected chi connectivity index (χ4v) is 10.6. The predicted molar refractivity (Wildman–Crippen MR) is 307 cm³/mol. The molecule has 25 nitrogen and oxygen atoms in total. The number of urea groups is 1. The van der Waals surface area contributed by atoms with Crippen LogP contribution < -0.4 is 67.9 Å². The Morgan fingerprint density at radius 2 is 1.01 bits per heavy atom. The minimum atomic E-state index is -5.10. The summed E-state index contributed by atoms with van der Waals surface area (Å²) in [7, 11) is -13.8.